The molecule has 17 heteroatoms. The van der Waals surface area contributed by atoms with Crippen LogP contribution in [0.4, 0.5) is 5.69 Å². The summed E-state index contributed by atoms with van der Waals surface area (Å²) in [5, 5.41) is 44.6. The van der Waals surface area contributed by atoms with Crippen molar-refractivity contribution < 1.29 is 63.4 Å². The molecule has 43 heavy (non-hydrogen) atoms. The number of nitrogens with zero attached hydrogens (tertiary/aromatic N) is 1. The molecule has 0 radical (unpaired) electrons. The molecule has 2 unspecified atom stereocenters. The highest BCUT2D eigenvalue weighted by Crippen LogP contribution is 2.31. The van der Waals surface area contributed by atoms with Gasteiger partial charge in [-0.3, -0.25) is 28.9 Å². The van der Waals surface area contributed by atoms with E-state index in [1.165, 1.54) is 25.1 Å². The number of hydrogen-bond acceptors (Lipinski definition) is 13. The van der Waals surface area contributed by atoms with Crippen LogP contribution in [-0.4, -0.2) is 111 Å². The highest BCUT2D eigenvalue weighted by atomic mass is 16.7. The number of carbonyl (C=O) groups excluding carboxylic acids is 5. The number of aliphatic hydroxyl groups is 3. The van der Waals surface area contributed by atoms with E-state index >= 15 is 0 Å². The molecule has 1 aromatic carbocycles. The number of amides is 4. The molecule has 236 valence electrons. The molecule has 0 saturated carbocycles. The quantitative estimate of drug-likeness (QED) is 0.0930. The molecule has 2 fully saturated rings. The number of nitrogens with two attached hydrogens (primary N) is 1. The minimum absolute atomic E-state index is 0.0358. The molecule has 1 aromatic rings. The molecule has 17 nitrogen and oxygen atoms in total. The van der Waals surface area contributed by atoms with E-state index in [-0.39, 0.29) is 44.0 Å². The van der Waals surface area contributed by atoms with Crippen molar-refractivity contribution in [3.8, 4) is 5.75 Å². The molecule has 0 bridgehead atoms. The minimum Gasteiger partial charge on any atom is -0.479 e. The van der Waals surface area contributed by atoms with E-state index in [2.05, 4.69) is 10.6 Å². The summed E-state index contributed by atoms with van der Waals surface area (Å²) in [6.45, 7) is 2.04. The minimum atomic E-state index is -1.95. The number of nitrogens with one attached hydrogen (secondary N) is 2. The Labute approximate surface area is 244 Å². The molecule has 3 rings (SSSR count). The Bertz CT molecular complexity index is 1260. The first-order valence-corrected chi connectivity index (χ1v) is 13.2. The number of aliphatic hydroxyl groups excluding tert-OH is 3. The number of likely N-dealkylation sites (tertiary alicyclic amines) is 1. The van der Waals surface area contributed by atoms with Crippen LogP contribution in [-0.2, 0) is 44.8 Å². The third-order valence-electron chi connectivity index (χ3n) is 6.71. The third kappa shape index (κ3) is 8.02. The summed E-state index contributed by atoms with van der Waals surface area (Å²) in [6, 6.07) is 2.87. The average Bonchev–Trinajstić information content (AvgIpc) is 3.19. The van der Waals surface area contributed by atoms with Gasteiger partial charge in [-0.25, -0.2) is 4.79 Å². The summed E-state index contributed by atoms with van der Waals surface area (Å²) < 4.78 is 15.7. The molecule has 2 heterocycles. The number of imide groups is 1. The maximum absolute atomic E-state index is 12.8. The molecule has 0 spiro atoms. The predicted octanol–water partition coefficient (Wildman–Crippen LogP) is -2.81. The Morgan fingerprint density at radius 1 is 1.14 bits per heavy atom. The maximum Gasteiger partial charge on any atom is 0.335 e. The Morgan fingerprint density at radius 2 is 1.84 bits per heavy atom. The lowest BCUT2D eigenvalue weighted by atomic mass is 9.99. The van der Waals surface area contributed by atoms with Crippen molar-refractivity contribution in [2.24, 2.45) is 11.7 Å². The smallest absolute Gasteiger partial charge is 0.335 e. The maximum atomic E-state index is 12.8. The van der Waals surface area contributed by atoms with Crippen molar-refractivity contribution in [1.29, 1.82) is 0 Å². The lowest BCUT2D eigenvalue weighted by Crippen LogP contribution is -2.61. The van der Waals surface area contributed by atoms with Crippen LogP contribution in [0.2, 0.25) is 0 Å². The number of esters is 1. The fraction of sp³-hybridized carbons (Fsp3) is 0.538. The second-order valence-corrected chi connectivity index (χ2v) is 10.0. The van der Waals surface area contributed by atoms with E-state index in [1.807, 2.05) is 0 Å². The number of anilines is 1. The van der Waals surface area contributed by atoms with Gasteiger partial charge in [0.25, 0.3) is 0 Å². The molecule has 2 aliphatic rings. The Kier molecular flexibility index (Phi) is 11.1. The summed E-state index contributed by atoms with van der Waals surface area (Å²) in [5.41, 5.74) is 6.00. The van der Waals surface area contributed by atoms with E-state index in [9.17, 15) is 49.2 Å². The van der Waals surface area contributed by atoms with Crippen LogP contribution in [0, 0.1) is 5.92 Å². The largest absolute Gasteiger partial charge is 0.479 e. The number of carboxylic acid groups (broad SMARTS) is 1. The summed E-state index contributed by atoms with van der Waals surface area (Å²) >= 11 is 0. The fourth-order valence-electron chi connectivity index (χ4n) is 4.42. The standard InChI is InChI=1S/C26H34N4O13/c1-11-7-18(33)30(24(11)38)15(9-27)23(37)28-6-5-17(32)29-14-8-13(10-41-12(2)31)3-4-16(14)42-26-21(36)19(34)20(35)22(43-26)25(39)40/h3-4,8,11,15,19-22,26,34-36H,5-7,9-10,27H2,1-2H3,(H,28,37)(H,29,32)(H,39,40)/t11?,15?,19-,20-,21+,22-,26+/m1/s1. The predicted molar refractivity (Wildman–Crippen MR) is 142 cm³/mol. The van der Waals surface area contributed by atoms with E-state index < -0.39 is 78.2 Å². The Morgan fingerprint density at radius 3 is 2.42 bits per heavy atom. The van der Waals surface area contributed by atoms with Gasteiger partial charge in [0, 0.05) is 38.8 Å². The van der Waals surface area contributed by atoms with Crippen LogP contribution in [0.3, 0.4) is 0 Å². The number of rotatable bonds is 12. The van der Waals surface area contributed by atoms with Gasteiger partial charge < -0.3 is 51.0 Å². The third-order valence-corrected chi connectivity index (χ3v) is 6.71. The molecule has 2 aliphatic heterocycles. The number of benzene rings is 1. The topological polar surface area (TPSA) is 264 Å². The average molecular weight is 611 g/mol. The van der Waals surface area contributed by atoms with Crippen LogP contribution in [0.1, 0.15) is 32.3 Å². The highest BCUT2D eigenvalue weighted by Gasteiger charge is 2.48. The van der Waals surface area contributed by atoms with Crippen molar-refractivity contribution in [2.45, 2.75) is 70.0 Å². The molecule has 7 atom stereocenters. The van der Waals surface area contributed by atoms with Crippen molar-refractivity contribution in [3.63, 3.8) is 0 Å². The zero-order valence-corrected chi connectivity index (χ0v) is 23.3. The molecular formula is C26H34N4O13. The zero-order valence-electron chi connectivity index (χ0n) is 23.3. The molecule has 4 amide bonds. The van der Waals surface area contributed by atoms with Gasteiger partial charge >= 0.3 is 11.9 Å². The first kappa shape index (κ1) is 33.3. The molecule has 8 N–H and O–H groups in total. The summed E-state index contributed by atoms with van der Waals surface area (Å²) in [7, 11) is 0. The van der Waals surface area contributed by atoms with Crippen molar-refractivity contribution >= 4 is 41.3 Å². The van der Waals surface area contributed by atoms with E-state index in [1.54, 1.807) is 6.92 Å². The van der Waals surface area contributed by atoms with E-state index in [0.717, 1.165) is 4.90 Å². The van der Waals surface area contributed by atoms with E-state index in [0.29, 0.717) is 5.56 Å². The van der Waals surface area contributed by atoms with Crippen LogP contribution in [0.5, 0.6) is 5.75 Å². The highest BCUT2D eigenvalue weighted by molar-refractivity contribution is 6.07. The van der Waals surface area contributed by atoms with Gasteiger partial charge in [-0.1, -0.05) is 13.0 Å². The molecular weight excluding hydrogens is 576 g/mol. The summed E-state index contributed by atoms with van der Waals surface area (Å²) in [4.78, 5) is 73.4. The number of hydrogen-bond donors (Lipinski definition) is 7. The van der Waals surface area contributed by atoms with Crippen molar-refractivity contribution in [2.75, 3.05) is 18.4 Å². The second-order valence-electron chi connectivity index (χ2n) is 10.0. The van der Waals surface area contributed by atoms with E-state index in [4.69, 9.17) is 19.9 Å². The fourth-order valence-corrected chi connectivity index (χ4v) is 4.42. The Balaban J connectivity index is 1.70. The van der Waals surface area contributed by atoms with Gasteiger partial charge in [0.1, 0.15) is 36.7 Å². The van der Waals surface area contributed by atoms with Gasteiger partial charge in [0.05, 0.1) is 5.69 Å². The number of carbonyl (C=O) groups is 6. The van der Waals surface area contributed by atoms with Crippen LogP contribution in [0.15, 0.2) is 18.2 Å². The number of carboxylic acids is 1. The van der Waals surface area contributed by atoms with Gasteiger partial charge in [0.15, 0.2) is 6.10 Å². The van der Waals surface area contributed by atoms with Crippen molar-refractivity contribution in [3.05, 3.63) is 23.8 Å². The summed E-state index contributed by atoms with van der Waals surface area (Å²) in [5.74, 6) is -5.34. The molecule has 0 aromatic heterocycles. The number of aliphatic carboxylic acids is 1. The lowest BCUT2D eigenvalue weighted by Gasteiger charge is -2.38. The Hall–Kier alpha value is -4.16. The number of ether oxygens (including phenoxy) is 3. The normalized spacial score (nSPS) is 26.0. The van der Waals surface area contributed by atoms with Gasteiger partial charge in [-0.15, -0.1) is 0 Å². The lowest BCUT2D eigenvalue weighted by molar-refractivity contribution is -0.271. The molecule has 0 aliphatic carbocycles. The molecule has 2 saturated heterocycles. The van der Waals surface area contributed by atoms with Crippen LogP contribution in [0.25, 0.3) is 0 Å². The van der Waals surface area contributed by atoms with Gasteiger partial charge in [-0.05, 0) is 17.7 Å². The SMILES string of the molecule is CC(=O)OCc1ccc(O[C@H]2O[C@@H](C(=O)O)[C@H](O)[C@@H](O)[C@@H]2O)c(NC(=O)CCNC(=O)C(CN)N2C(=O)CC(C)C2=O)c1. The zero-order chi connectivity index (χ0) is 32.0. The van der Waals surface area contributed by atoms with Gasteiger partial charge in [-0.2, -0.15) is 0 Å². The van der Waals surface area contributed by atoms with Crippen LogP contribution >= 0.6 is 0 Å². The van der Waals surface area contributed by atoms with Crippen LogP contribution < -0.4 is 21.1 Å². The first-order valence-electron chi connectivity index (χ1n) is 13.2. The second kappa shape index (κ2) is 14.3. The monoisotopic (exact) mass is 610 g/mol. The first-order chi connectivity index (χ1) is 20.2. The summed E-state index contributed by atoms with van der Waals surface area (Å²) in [6.07, 6.45) is -9.80. The van der Waals surface area contributed by atoms with Gasteiger partial charge in [0.2, 0.25) is 29.9 Å². The van der Waals surface area contributed by atoms with Crippen molar-refractivity contribution in [1.82, 2.24) is 10.2 Å².